The molecule has 0 aliphatic carbocycles. The van der Waals surface area contributed by atoms with Gasteiger partial charge in [-0.2, -0.15) is 0 Å². The Bertz CT molecular complexity index is 1240. The summed E-state index contributed by atoms with van der Waals surface area (Å²) in [6.45, 7) is 13.5. The van der Waals surface area contributed by atoms with E-state index in [1.165, 1.54) is 17.2 Å². The van der Waals surface area contributed by atoms with Gasteiger partial charge >= 0.3 is 0 Å². The standard InChI is InChI=1S/C30H37N3O4/c1-19(2)22-11-13-23(14-12-22)27(29(36)32-30(5,6)7)33(24-15-10-20(3)21(4)17-24)26(34)18-31-28(35)25-9-8-16-37-25/h8-17,19,27H,18H2,1-7H3,(H,31,35)(H,32,36). The lowest BCUT2D eigenvalue weighted by Gasteiger charge is -2.34. The van der Waals surface area contributed by atoms with Crippen LogP contribution in [0.15, 0.2) is 65.3 Å². The van der Waals surface area contributed by atoms with Gasteiger partial charge in [0.2, 0.25) is 11.8 Å². The molecule has 0 aliphatic heterocycles. The molecule has 1 heterocycles. The summed E-state index contributed by atoms with van der Waals surface area (Å²) in [6.07, 6.45) is 1.39. The number of hydrogen-bond donors (Lipinski definition) is 2. The van der Waals surface area contributed by atoms with Gasteiger partial charge in [-0.1, -0.05) is 44.2 Å². The van der Waals surface area contributed by atoms with E-state index in [-0.39, 0.29) is 18.2 Å². The second-order valence-electron chi connectivity index (χ2n) is 10.7. The fourth-order valence-electron chi connectivity index (χ4n) is 3.97. The first-order valence-corrected chi connectivity index (χ1v) is 12.5. The topological polar surface area (TPSA) is 91.7 Å². The number of carbonyl (C=O) groups is 3. The lowest BCUT2D eigenvalue weighted by molar-refractivity contribution is -0.127. The van der Waals surface area contributed by atoms with Crippen LogP contribution in [0.25, 0.3) is 0 Å². The Morgan fingerprint density at radius 2 is 1.57 bits per heavy atom. The van der Waals surface area contributed by atoms with E-state index in [0.717, 1.165) is 16.7 Å². The van der Waals surface area contributed by atoms with Crippen molar-refractivity contribution in [3.05, 3.63) is 88.9 Å². The average molecular weight is 504 g/mol. The number of carbonyl (C=O) groups excluding carboxylic acids is 3. The molecule has 7 heteroatoms. The number of benzene rings is 2. The molecule has 0 spiro atoms. The van der Waals surface area contributed by atoms with Crippen molar-refractivity contribution in [3.8, 4) is 0 Å². The van der Waals surface area contributed by atoms with Crippen LogP contribution < -0.4 is 15.5 Å². The van der Waals surface area contributed by atoms with Gasteiger partial charge in [0.05, 0.1) is 12.8 Å². The van der Waals surface area contributed by atoms with Crippen molar-refractivity contribution in [2.24, 2.45) is 0 Å². The number of amides is 3. The maximum Gasteiger partial charge on any atom is 0.287 e. The molecular formula is C30H37N3O4. The molecule has 7 nitrogen and oxygen atoms in total. The van der Waals surface area contributed by atoms with E-state index in [0.29, 0.717) is 17.2 Å². The molecule has 1 unspecified atom stereocenters. The van der Waals surface area contributed by atoms with Crippen molar-refractivity contribution in [1.29, 1.82) is 0 Å². The molecule has 0 bridgehead atoms. The van der Waals surface area contributed by atoms with Crippen molar-refractivity contribution in [2.45, 2.75) is 66.0 Å². The van der Waals surface area contributed by atoms with Crippen LogP contribution in [0, 0.1) is 13.8 Å². The summed E-state index contributed by atoms with van der Waals surface area (Å²) in [5, 5.41) is 5.66. The summed E-state index contributed by atoms with van der Waals surface area (Å²) in [4.78, 5) is 41.5. The van der Waals surface area contributed by atoms with Crippen LogP contribution in [0.3, 0.4) is 0 Å². The highest BCUT2D eigenvalue weighted by Gasteiger charge is 2.34. The molecule has 0 saturated carbocycles. The van der Waals surface area contributed by atoms with E-state index in [1.807, 2.05) is 77.1 Å². The molecule has 2 N–H and O–H groups in total. The fourth-order valence-corrected chi connectivity index (χ4v) is 3.97. The van der Waals surface area contributed by atoms with E-state index in [2.05, 4.69) is 24.5 Å². The second-order valence-corrected chi connectivity index (χ2v) is 10.7. The van der Waals surface area contributed by atoms with Crippen LogP contribution >= 0.6 is 0 Å². The van der Waals surface area contributed by atoms with E-state index < -0.39 is 23.4 Å². The molecule has 1 atom stereocenters. The summed E-state index contributed by atoms with van der Waals surface area (Å²) >= 11 is 0. The van der Waals surface area contributed by atoms with Crippen molar-refractivity contribution in [3.63, 3.8) is 0 Å². The normalized spacial score (nSPS) is 12.2. The highest BCUT2D eigenvalue weighted by Crippen LogP contribution is 2.31. The predicted molar refractivity (Wildman–Crippen MR) is 146 cm³/mol. The zero-order valence-electron chi connectivity index (χ0n) is 22.7. The van der Waals surface area contributed by atoms with Crippen LogP contribution in [0.4, 0.5) is 5.69 Å². The van der Waals surface area contributed by atoms with Gasteiger partial charge in [0.15, 0.2) is 5.76 Å². The molecule has 3 amide bonds. The molecule has 0 aliphatic rings. The van der Waals surface area contributed by atoms with Crippen LogP contribution in [0.1, 0.15) is 79.4 Å². The number of furan rings is 1. The predicted octanol–water partition coefficient (Wildman–Crippen LogP) is 5.44. The third-order valence-electron chi connectivity index (χ3n) is 6.11. The smallest absolute Gasteiger partial charge is 0.287 e. The molecule has 0 saturated heterocycles. The minimum atomic E-state index is -0.949. The van der Waals surface area contributed by atoms with Gasteiger partial charge in [0, 0.05) is 11.2 Å². The first kappa shape index (κ1) is 27.7. The minimum absolute atomic E-state index is 0.108. The summed E-state index contributed by atoms with van der Waals surface area (Å²) < 4.78 is 5.14. The molecule has 0 fully saturated rings. The van der Waals surface area contributed by atoms with E-state index in [9.17, 15) is 14.4 Å². The lowest BCUT2D eigenvalue weighted by atomic mass is 9.96. The maximum atomic E-state index is 13.8. The van der Waals surface area contributed by atoms with Gasteiger partial charge in [-0.15, -0.1) is 0 Å². The van der Waals surface area contributed by atoms with Crippen LogP contribution in [0.5, 0.6) is 0 Å². The van der Waals surface area contributed by atoms with Gasteiger partial charge < -0.3 is 15.1 Å². The highest BCUT2D eigenvalue weighted by molar-refractivity contribution is 6.04. The number of anilines is 1. The maximum absolute atomic E-state index is 13.8. The SMILES string of the molecule is Cc1ccc(N(C(=O)CNC(=O)c2ccco2)C(C(=O)NC(C)(C)C)c2ccc(C(C)C)cc2)cc1C. The van der Waals surface area contributed by atoms with E-state index in [1.54, 1.807) is 6.07 Å². The molecule has 2 aromatic carbocycles. The van der Waals surface area contributed by atoms with Crippen LogP contribution in [-0.2, 0) is 9.59 Å². The van der Waals surface area contributed by atoms with Gasteiger partial charge in [-0.25, -0.2) is 0 Å². The van der Waals surface area contributed by atoms with Crippen molar-refractivity contribution in [2.75, 3.05) is 11.4 Å². The largest absolute Gasteiger partial charge is 0.459 e. The van der Waals surface area contributed by atoms with Crippen LogP contribution in [0.2, 0.25) is 0 Å². The third-order valence-corrected chi connectivity index (χ3v) is 6.11. The number of nitrogens with one attached hydrogen (secondary N) is 2. The van der Waals surface area contributed by atoms with Crippen molar-refractivity contribution >= 4 is 23.4 Å². The van der Waals surface area contributed by atoms with Gasteiger partial charge in [0.25, 0.3) is 5.91 Å². The Hall–Kier alpha value is -3.87. The molecule has 37 heavy (non-hydrogen) atoms. The van der Waals surface area contributed by atoms with Crippen molar-refractivity contribution < 1.29 is 18.8 Å². The summed E-state index contributed by atoms with van der Waals surface area (Å²) in [5.74, 6) is -0.809. The van der Waals surface area contributed by atoms with Gasteiger partial charge in [-0.3, -0.25) is 19.3 Å². The minimum Gasteiger partial charge on any atom is -0.459 e. The van der Waals surface area contributed by atoms with E-state index >= 15 is 0 Å². The average Bonchev–Trinajstić information content (AvgIpc) is 3.37. The quantitative estimate of drug-likeness (QED) is 0.428. The first-order valence-electron chi connectivity index (χ1n) is 12.5. The van der Waals surface area contributed by atoms with Gasteiger partial charge in [-0.05, 0) is 87.1 Å². The van der Waals surface area contributed by atoms with Crippen molar-refractivity contribution in [1.82, 2.24) is 10.6 Å². The van der Waals surface area contributed by atoms with Gasteiger partial charge in [0.1, 0.15) is 6.04 Å². The summed E-state index contributed by atoms with van der Waals surface area (Å²) in [6, 6.07) is 15.6. The number of hydrogen-bond acceptors (Lipinski definition) is 4. The fraction of sp³-hybridized carbons (Fsp3) is 0.367. The monoisotopic (exact) mass is 503 g/mol. The Morgan fingerprint density at radius 3 is 2.11 bits per heavy atom. The zero-order valence-corrected chi connectivity index (χ0v) is 22.7. The highest BCUT2D eigenvalue weighted by atomic mass is 16.3. The number of rotatable bonds is 8. The molecule has 3 rings (SSSR count). The second kappa shape index (κ2) is 11.5. The third kappa shape index (κ3) is 7.09. The Balaban J connectivity index is 2.07. The Morgan fingerprint density at radius 1 is 0.919 bits per heavy atom. The summed E-state index contributed by atoms with van der Waals surface area (Å²) in [5.41, 5.74) is 3.92. The molecule has 1 aromatic heterocycles. The molecule has 0 radical (unpaired) electrons. The number of nitrogens with zero attached hydrogens (tertiary/aromatic N) is 1. The Labute approximate surface area is 219 Å². The molecule has 196 valence electrons. The zero-order chi connectivity index (χ0) is 27.3. The lowest BCUT2D eigenvalue weighted by Crippen LogP contribution is -2.51. The van der Waals surface area contributed by atoms with E-state index in [4.69, 9.17) is 4.42 Å². The first-order chi connectivity index (χ1) is 17.4. The number of aryl methyl sites for hydroxylation is 2. The molecule has 3 aromatic rings. The Kier molecular flexibility index (Phi) is 8.58. The summed E-state index contributed by atoms with van der Waals surface area (Å²) in [7, 11) is 0. The molecular weight excluding hydrogens is 466 g/mol. The van der Waals surface area contributed by atoms with Crippen LogP contribution in [-0.4, -0.2) is 29.8 Å².